The number of nitrogens with zero attached hydrogens (tertiary/aromatic N) is 1. The van der Waals surface area contributed by atoms with Crippen LogP contribution in [0.5, 0.6) is 0 Å². The van der Waals surface area contributed by atoms with Crippen LogP contribution in [0.1, 0.15) is 13.3 Å². The summed E-state index contributed by atoms with van der Waals surface area (Å²) in [6.45, 7) is 5.17. The second kappa shape index (κ2) is 4.93. The number of hydrogen-bond acceptors (Lipinski definition) is 3. The van der Waals surface area contributed by atoms with Gasteiger partial charge in [0.05, 0.1) is 18.9 Å². The largest absolute Gasteiger partial charge is 0.378 e. The lowest BCUT2D eigenvalue weighted by molar-refractivity contribution is -0.106. The number of carbonyl (C=O) groups is 1. The molecule has 0 amide bonds. The summed E-state index contributed by atoms with van der Waals surface area (Å²) in [5, 5.41) is 0. The lowest BCUT2D eigenvalue weighted by atomic mass is 10.3. The van der Waals surface area contributed by atoms with Crippen molar-refractivity contribution in [1.29, 1.82) is 0 Å². The van der Waals surface area contributed by atoms with Gasteiger partial charge in [-0.15, -0.1) is 0 Å². The number of allylic oxidation sites excluding steroid dienone is 2. The third-order valence-corrected chi connectivity index (χ3v) is 1.91. The summed E-state index contributed by atoms with van der Waals surface area (Å²) >= 11 is 0. The van der Waals surface area contributed by atoms with Crippen molar-refractivity contribution in [3.05, 3.63) is 11.8 Å². The Balaban J connectivity index is 2.51. The zero-order chi connectivity index (χ0) is 8.81. The van der Waals surface area contributed by atoms with Crippen molar-refractivity contribution in [2.75, 3.05) is 26.3 Å². The molecule has 0 atom stereocenters. The third kappa shape index (κ3) is 2.34. The Morgan fingerprint density at radius 1 is 1.50 bits per heavy atom. The number of carbonyl (C=O) groups excluding carboxylic acids is 1. The molecule has 0 aromatic heterocycles. The van der Waals surface area contributed by atoms with Gasteiger partial charge in [-0.25, -0.2) is 0 Å². The van der Waals surface area contributed by atoms with Gasteiger partial charge in [0.1, 0.15) is 0 Å². The van der Waals surface area contributed by atoms with Crippen LogP contribution in [0.2, 0.25) is 0 Å². The van der Waals surface area contributed by atoms with Crippen LogP contribution in [0.3, 0.4) is 0 Å². The maximum atomic E-state index is 10.6. The minimum atomic E-state index is 0.731. The molecule has 1 saturated heterocycles. The molecule has 12 heavy (non-hydrogen) atoms. The highest BCUT2D eigenvalue weighted by Gasteiger charge is 2.11. The van der Waals surface area contributed by atoms with Gasteiger partial charge in [-0.2, -0.15) is 0 Å². The Kier molecular flexibility index (Phi) is 3.80. The zero-order valence-corrected chi connectivity index (χ0v) is 7.45. The van der Waals surface area contributed by atoms with Crippen molar-refractivity contribution < 1.29 is 9.53 Å². The van der Waals surface area contributed by atoms with Crippen LogP contribution in [-0.2, 0) is 9.53 Å². The molecule has 3 nitrogen and oxygen atoms in total. The van der Waals surface area contributed by atoms with Crippen LogP contribution < -0.4 is 0 Å². The average Bonchev–Trinajstić information content (AvgIpc) is 2.15. The predicted molar refractivity (Wildman–Crippen MR) is 46.8 cm³/mol. The first-order chi connectivity index (χ1) is 5.88. The minimum absolute atomic E-state index is 0.731. The van der Waals surface area contributed by atoms with Crippen LogP contribution in [0.15, 0.2) is 11.8 Å². The molecule has 68 valence electrons. The molecule has 0 unspecified atom stereocenters. The topological polar surface area (TPSA) is 29.5 Å². The van der Waals surface area contributed by atoms with E-state index in [0.717, 1.165) is 44.7 Å². The third-order valence-electron chi connectivity index (χ3n) is 1.91. The number of aldehydes is 1. The van der Waals surface area contributed by atoms with Gasteiger partial charge in [0.25, 0.3) is 0 Å². The average molecular weight is 169 g/mol. The van der Waals surface area contributed by atoms with Gasteiger partial charge < -0.3 is 9.64 Å². The van der Waals surface area contributed by atoms with Crippen LogP contribution >= 0.6 is 0 Å². The maximum Gasteiger partial charge on any atom is 0.165 e. The quantitative estimate of drug-likeness (QED) is 0.462. The summed E-state index contributed by atoms with van der Waals surface area (Å²) in [5.41, 5.74) is 0.806. The maximum absolute atomic E-state index is 10.6. The van der Waals surface area contributed by atoms with E-state index in [-0.39, 0.29) is 0 Å². The fourth-order valence-electron chi connectivity index (χ4n) is 1.28. The van der Waals surface area contributed by atoms with E-state index in [0.29, 0.717) is 0 Å². The van der Waals surface area contributed by atoms with E-state index >= 15 is 0 Å². The van der Waals surface area contributed by atoms with Crippen molar-refractivity contribution in [2.24, 2.45) is 0 Å². The van der Waals surface area contributed by atoms with Crippen LogP contribution in [-0.4, -0.2) is 37.5 Å². The summed E-state index contributed by atoms with van der Waals surface area (Å²) < 4.78 is 5.19. The monoisotopic (exact) mass is 169 g/mol. The van der Waals surface area contributed by atoms with Gasteiger partial charge in [0.2, 0.25) is 0 Å². The molecule has 1 fully saturated rings. The zero-order valence-electron chi connectivity index (χ0n) is 7.45. The molecule has 0 aliphatic carbocycles. The summed E-state index contributed by atoms with van der Waals surface area (Å²) in [6, 6.07) is 0. The van der Waals surface area contributed by atoms with E-state index in [4.69, 9.17) is 4.74 Å². The molecule has 0 N–H and O–H groups in total. The van der Waals surface area contributed by atoms with E-state index in [9.17, 15) is 4.79 Å². The van der Waals surface area contributed by atoms with Crippen molar-refractivity contribution >= 4 is 6.29 Å². The molecule has 0 radical (unpaired) electrons. The van der Waals surface area contributed by atoms with Gasteiger partial charge >= 0.3 is 0 Å². The standard InChI is InChI=1S/C9H15NO2/c1-2-3-9(8-11)10-4-6-12-7-5-10/h3,8H,2,4-7H2,1H3/b9-3+. The first kappa shape index (κ1) is 9.26. The predicted octanol–water partition coefficient (Wildman–Crippen LogP) is 0.811. The molecule has 0 bridgehead atoms. The van der Waals surface area contributed by atoms with E-state index in [1.54, 1.807) is 0 Å². The molecule has 0 spiro atoms. The van der Waals surface area contributed by atoms with E-state index in [1.165, 1.54) is 0 Å². The number of hydrogen-bond donors (Lipinski definition) is 0. The fourth-order valence-corrected chi connectivity index (χ4v) is 1.28. The Hall–Kier alpha value is -0.830. The summed E-state index contributed by atoms with van der Waals surface area (Å²) in [7, 11) is 0. The summed E-state index contributed by atoms with van der Waals surface area (Å²) in [6.07, 6.45) is 3.79. The van der Waals surface area contributed by atoms with E-state index in [1.807, 2.05) is 13.0 Å². The second-order valence-electron chi connectivity index (χ2n) is 2.75. The van der Waals surface area contributed by atoms with Crippen LogP contribution in [0.4, 0.5) is 0 Å². The normalized spacial score (nSPS) is 19.4. The van der Waals surface area contributed by atoms with Gasteiger partial charge in [-0.3, -0.25) is 4.79 Å². The molecular weight excluding hydrogens is 154 g/mol. The molecule has 0 saturated carbocycles. The Bertz CT molecular complexity index is 171. The number of morpholine rings is 1. The second-order valence-corrected chi connectivity index (χ2v) is 2.75. The molecule has 3 heteroatoms. The van der Waals surface area contributed by atoms with Crippen LogP contribution in [0, 0.1) is 0 Å². The molecular formula is C9H15NO2. The number of rotatable bonds is 3. The smallest absolute Gasteiger partial charge is 0.165 e. The lowest BCUT2D eigenvalue weighted by Gasteiger charge is -2.28. The van der Waals surface area contributed by atoms with Gasteiger partial charge in [-0.1, -0.05) is 13.0 Å². The van der Waals surface area contributed by atoms with Gasteiger partial charge in [-0.05, 0) is 6.42 Å². The minimum Gasteiger partial charge on any atom is -0.378 e. The Morgan fingerprint density at radius 3 is 2.67 bits per heavy atom. The van der Waals surface area contributed by atoms with Crippen molar-refractivity contribution in [3.8, 4) is 0 Å². The summed E-state index contributed by atoms with van der Waals surface area (Å²) in [5.74, 6) is 0. The molecule has 1 rings (SSSR count). The highest BCUT2D eigenvalue weighted by atomic mass is 16.5. The van der Waals surface area contributed by atoms with Crippen molar-refractivity contribution in [1.82, 2.24) is 4.90 Å². The molecule has 0 aromatic rings. The molecule has 0 aromatic carbocycles. The van der Waals surface area contributed by atoms with Gasteiger partial charge in [0, 0.05) is 13.1 Å². The van der Waals surface area contributed by atoms with E-state index < -0.39 is 0 Å². The molecule has 1 heterocycles. The Morgan fingerprint density at radius 2 is 2.17 bits per heavy atom. The van der Waals surface area contributed by atoms with E-state index in [2.05, 4.69) is 4.90 Å². The molecule has 1 aliphatic rings. The lowest BCUT2D eigenvalue weighted by Crippen LogP contribution is -2.36. The Labute approximate surface area is 73.0 Å². The molecule has 1 aliphatic heterocycles. The van der Waals surface area contributed by atoms with Crippen molar-refractivity contribution in [2.45, 2.75) is 13.3 Å². The van der Waals surface area contributed by atoms with Crippen LogP contribution in [0.25, 0.3) is 0 Å². The fraction of sp³-hybridized carbons (Fsp3) is 0.667. The van der Waals surface area contributed by atoms with Crippen molar-refractivity contribution in [3.63, 3.8) is 0 Å². The first-order valence-electron chi connectivity index (χ1n) is 4.36. The van der Waals surface area contributed by atoms with Gasteiger partial charge in [0.15, 0.2) is 6.29 Å². The summed E-state index contributed by atoms with van der Waals surface area (Å²) in [4.78, 5) is 12.7. The number of ether oxygens (including phenoxy) is 1. The highest BCUT2D eigenvalue weighted by Crippen LogP contribution is 2.05. The first-order valence-corrected chi connectivity index (χ1v) is 4.36. The SMILES string of the molecule is CC/C=C(\C=O)N1CCOCC1. The highest BCUT2D eigenvalue weighted by molar-refractivity contribution is 5.72.